The summed E-state index contributed by atoms with van der Waals surface area (Å²) in [5.74, 6) is 0.859. The Morgan fingerprint density at radius 1 is 1.41 bits per heavy atom. The summed E-state index contributed by atoms with van der Waals surface area (Å²) in [5.41, 5.74) is 0. The summed E-state index contributed by atoms with van der Waals surface area (Å²) in [7, 11) is 0. The molecule has 17 heavy (non-hydrogen) atoms. The van der Waals surface area contributed by atoms with E-state index < -0.39 is 0 Å². The Hall–Kier alpha value is 0.140. The van der Waals surface area contributed by atoms with E-state index in [-0.39, 0.29) is 6.10 Å². The highest BCUT2D eigenvalue weighted by molar-refractivity contribution is 9.10. The van der Waals surface area contributed by atoms with E-state index in [1.165, 1.54) is 43.4 Å². The van der Waals surface area contributed by atoms with Crippen LogP contribution in [0.2, 0.25) is 0 Å². The van der Waals surface area contributed by atoms with Gasteiger partial charge in [-0.3, -0.25) is 0 Å². The number of aryl methyl sites for hydroxylation is 1. The van der Waals surface area contributed by atoms with Crippen LogP contribution in [0.15, 0.2) is 10.5 Å². The van der Waals surface area contributed by atoms with E-state index in [0.717, 1.165) is 21.7 Å². The van der Waals surface area contributed by atoms with Crippen LogP contribution in [0.5, 0.6) is 0 Å². The highest BCUT2D eigenvalue weighted by Gasteiger charge is 2.18. The van der Waals surface area contributed by atoms with E-state index in [4.69, 9.17) is 0 Å². The molecule has 2 rings (SSSR count). The number of hydrogen-bond donors (Lipinski definition) is 1. The van der Waals surface area contributed by atoms with Crippen LogP contribution in [0.1, 0.15) is 60.8 Å². The molecule has 1 nitrogen and oxygen atoms in total. The fraction of sp³-hybridized carbons (Fsp3) is 0.714. The van der Waals surface area contributed by atoms with Gasteiger partial charge in [-0.1, -0.05) is 32.1 Å². The molecule has 1 aliphatic carbocycles. The van der Waals surface area contributed by atoms with Gasteiger partial charge in [0.2, 0.25) is 0 Å². The Bertz CT molecular complexity index is 355. The monoisotopic (exact) mass is 316 g/mol. The van der Waals surface area contributed by atoms with Crippen molar-refractivity contribution in [2.75, 3.05) is 0 Å². The van der Waals surface area contributed by atoms with Gasteiger partial charge in [0.1, 0.15) is 0 Å². The first-order chi connectivity index (χ1) is 8.16. The standard InChI is InChI=1S/C14H21BrOS/c1-10-9-12(15)14(17-10)13(16)8-7-11-5-3-2-4-6-11/h9,11,13,16H,2-8H2,1H3. The smallest absolute Gasteiger partial charge is 0.0893 e. The van der Waals surface area contributed by atoms with Crippen molar-refractivity contribution in [1.29, 1.82) is 0 Å². The quantitative estimate of drug-likeness (QED) is 0.808. The SMILES string of the molecule is Cc1cc(Br)c(C(O)CCC2CCCCC2)s1. The van der Waals surface area contributed by atoms with E-state index in [1.54, 1.807) is 11.3 Å². The van der Waals surface area contributed by atoms with Crippen LogP contribution in [-0.4, -0.2) is 5.11 Å². The molecule has 0 amide bonds. The highest BCUT2D eigenvalue weighted by atomic mass is 79.9. The zero-order valence-corrected chi connectivity index (χ0v) is 12.8. The molecule has 1 fully saturated rings. The molecule has 1 atom stereocenters. The Balaban J connectivity index is 1.84. The first-order valence-electron chi connectivity index (χ1n) is 6.60. The third kappa shape index (κ3) is 3.80. The van der Waals surface area contributed by atoms with Crippen molar-refractivity contribution < 1.29 is 5.11 Å². The lowest BCUT2D eigenvalue weighted by atomic mass is 9.85. The molecule has 96 valence electrons. The Morgan fingerprint density at radius 2 is 2.12 bits per heavy atom. The van der Waals surface area contributed by atoms with E-state index in [1.807, 2.05) is 0 Å². The van der Waals surface area contributed by atoms with Crippen molar-refractivity contribution in [2.24, 2.45) is 5.92 Å². The molecule has 1 saturated carbocycles. The zero-order valence-electron chi connectivity index (χ0n) is 10.4. The normalized spacial score (nSPS) is 19.5. The average Bonchev–Trinajstić information content (AvgIpc) is 2.67. The van der Waals surface area contributed by atoms with Gasteiger partial charge in [-0.25, -0.2) is 0 Å². The second-order valence-corrected chi connectivity index (χ2v) is 7.31. The van der Waals surface area contributed by atoms with Gasteiger partial charge in [-0.2, -0.15) is 0 Å². The van der Waals surface area contributed by atoms with E-state index in [2.05, 4.69) is 28.9 Å². The second kappa shape index (κ2) is 6.35. The first kappa shape index (κ1) is 13.6. The summed E-state index contributed by atoms with van der Waals surface area (Å²) < 4.78 is 1.08. The number of thiophene rings is 1. The number of hydrogen-bond acceptors (Lipinski definition) is 2. The van der Waals surface area contributed by atoms with Crippen molar-refractivity contribution in [3.63, 3.8) is 0 Å². The molecule has 0 bridgehead atoms. The maximum atomic E-state index is 10.2. The predicted molar refractivity (Wildman–Crippen MR) is 77.5 cm³/mol. The molecule has 0 aliphatic heterocycles. The van der Waals surface area contributed by atoms with E-state index in [9.17, 15) is 5.11 Å². The molecule has 1 unspecified atom stereocenters. The van der Waals surface area contributed by atoms with Crippen LogP contribution in [0, 0.1) is 12.8 Å². The third-order valence-electron chi connectivity index (χ3n) is 3.71. The molecule has 0 radical (unpaired) electrons. The van der Waals surface area contributed by atoms with Crippen molar-refractivity contribution >= 4 is 27.3 Å². The van der Waals surface area contributed by atoms with Crippen LogP contribution in [0.25, 0.3) is 0 Å². The Kier molecular flexibility index (Phi) is 5.07. The summed E-state index contributed by atoms with van der Waals surface area (Å²) >= 11 is 5.25. The van der Waals surface area contributed by atoms with Gasteiger partial charge >= 0.3 is 0 Å². The van der Waals surface area contributed by atoms with Crippen molar-refractivity contribution in [3.05, 3.63) is 20.3 Å². The topological polar surface area (TPSA) is 20.2 Å². The summed E-state index contributed by atoms with van der Waals surface area (Å²) in [6, 6.07) is 2.10. The maximum absolute atomic E-state index is 10.2. The van der Waals surface area contributed by atoms with Crippen LogP contribution in [0.4, 0.5) is 0 Å². The van der Waals surface area contributed by atoms with Crippen molar-refractivity contribution in [2.45, 2.75) is 58.0 Å². The molecule has 0 aromatic carbocycles. The molecular formula is C14H21BrOS. The number of aliphatic hydroxyl groups excluding tert-OH is 1. The lowest BCUT2D eigenvalue weighted by Crippen LogP contribution is -2.08. The van der Waals surface area contributed by atoms with Crippen LogP contribution < -0.4 is 0 Å². The maximum Gasteiger partial charge on any atom is 0.0893 e. The van der Waals surface area contributed by atoms with Crippen molar-refractivity contribution in [3.8, 4) is 0 Å². The van der Waals surface area contributed by atoms with E-state index >= 15 is 0 Å². The largest absolute Gasteiger partial charge is 0.388 e. The van der Waals surface area contributed by atoms with Crippen LogP contribution >= 0.6 is 27.3 Å². The van der Waals surface area contributed by atoms with Gasteiger partial charge in [-0.15, -0.1) is 11.3 Å². The molecule has 1 aromatic heterocycles. The van der Waals surface area contributed by atoms with Gasteiger partial charge in [0.05, 0.1) is 6.10 Å². The number of aliphatic hydroxyl groups is 1. The lowest BCUT2D eigenvalue weighted by molar-refractivity contribution is 0.154. The van der Waals surface area contributed by atoms with Gasteiger partial charge in [0, 0.05) is 14.2 Å². The number of rotatable bonds is 4. The average molecular weight is 317 g/mol. The van der Waals surface area contributed by atoms with E-state index in [0.29, 0.717) is 0 Å². The van der Waals surface area contributed by atoms with Gasteiger partial charge in [-0.05, 0) is 47.7 Å². The Labute approximate surface area is 116 Å². The fourth-order valence-corrected chi connectivity index (χ4v) is 4.66. The minimum atomic E-state index is -0.273. The highest BCUT2D eigenvalue weighted by Crippen LogP contribution is 2.36. The predicted octanol–water partition coefficient (Wildman–Crippen LogP) is 5.21. The third-order valence-corrected chi connectivity index (χ3v) is 5.78. The molecule has 1 heterocycles. The lowest BCUT2D eigenvalue weighted by Gasteiger charge is -2.22. The molecule has 1 aliphatic rings. The first-order valence-corrected chi connectivity index (χ1v) is 8.21. The zero-order chi connectivity index (χ0) is 12.3. The summed E-state index contributed by atoms with van der Waals surface area (Å²) in [6.07, 6.45) is 8.77. The van der Waals surface area contributed by atoms with Crippen LogP contribution in [0.3, 0.4) is 0 Å². The van der Waals surface area contributed by atoms with Crippen molar-refractivity contribution in [1.82, 2.24) is 0 Å². The molecule has 0 spiro atoms. The molecular weight excluding hydrogens is 296 g/mol. The molecule has 0 saturated heterocycles. The van der Waals surface area contributed by atoms with Gasteiger partial charge in [0.25, 0.3) is 0 Å². The molecule has 3 heteroatoms. The summed E-state index contributed by atoms with van der Waals surface area (Å²) in [6.45, 7) is 2.09. The molecule has 1 aromatic rings. The second-order valence-electron chi connectivity index (χ2n) is 5.17. The van der Waals surface area contributed by atoms with Crippen LogP contribution in [-0.2, 0) is 0 Å². The number of halogens is 1. The van der Waals surface area contributed by atoms with Gasteiger partial charge in [0.15, 0.2) is 0 Å². The minimum absolute atomic E-state index is 0.273. The minimum Gasteiger partial charge on any atom is -0.388 e. The van der Waals surface area contributed by atoms with Gasteiger partial charge < -0.3 is 5.11 Å². The molecule has 1 N–H and O–H groups in total. The Morgan fingerprint density at radius 3 is 2.71 bits per heavy atom. The summed E-state index contributed by atoms with van der Waals surface area (Å²) in [5, 5.41) is 10.2. The summed E-state index contributed by atoms with van der Waals surface area (Å²) in [4.78, 5) is 2.38. The fourth-order valence-electron chi connectivity index (χ4n) is 2.73.